The minimum atomic E-state index is -0.372. The third-order valence-electron chi connectivity index (χ3n) is 4.65. The van der Waals surface area contributed by atoms with Gasteiger partial charge in [-0.05, 0) is 24.1 Å². The highest BCUT2D eigenvalue weighted by molar-refractivity contribution is 5.90. The Bertz CT molecular complexity index is 1170. The van der Waals surface area contributed by atoms with E-state index in [2.05, 4.69) is 15.5 Å². The van der Waals surface area contributed by atoms with Crippen molar-refractivity contribution in [3.05, 3.63) is 89.1 Å². The molecule has 2 aromatic carbocycles. The lowest BCUT2D eigenvalue weighted by Gasteiger charge is -2.16. The van der Waals surface area contributed by atoms with Crippen molar-refractivity contribution in [2.75, 3.05) is 5.43 Å². The number of rotatable bonds is 5. The number of nitrogens with one attached hydrogen (secondary N) is 1. The van der Waals surface area contributed by atoms with Gasteiger partial charge in [-0.3, -0.25) is 15.0 Å². The van der Waals surface area contributed by atoms with Crippen molar-refractivity contribution in [3.8, 4) is 5.69 Å². The van der Waals surface area contributed by atoms with Gasteiger partial charge in [0.1, 0.15) is 11.7 Å². The fourth-order valence-electron chi connectivity index (χ4n) is 3.20. The summed E-state index contributed by atoms with van der Waals surface area (Å²) in [6.45, 7) is 1.94. The molecule has 0 aliphatic heterocycles. The predicted octanol–water partition coefficient (Wildman–Crippen LogP) is 2.85. The van der Waals surface area contributed by atoms with Gasteiger partial charge < -0.3 is 0 Å². The summed E-state index contributed by atoms with van der Waals surface area (Å²) in [5.74, 6) is -0.608. The van der Waals surface area contributed by atoms with Crippen LogP contribution in [0.15, 0.2) is 78.0 Å². The topological polar surface area (TPSA) is 81.8 Å². The van der Waals surface area contributed by atoms with E-state index in [1.165, 1.54) is 12.5 Å². The number of nitrogens with zero attached hydrogens (tertiary/aromatic N) is 4. The van der Waals surface area contributed by atoms with Crippen molar-refractivity contribution >= 4 is 16.9 Å². The molecule has 140 valence electrons. The van der Waals surface area contributed by atoms with Gasteiger partial charge in [0.2, 0.25) is 5.91 Å². The number of aromatic nitrogens is 4. The number of hydrogen-bond donors (Lipinski definition) is 1. The van der Waals surface area contributed by atoms with E-state index < -0.39 is 0 Å². The molecule has 0 saturated heterocycles. The van der Waals surface area contributed by atoms with E-state index in [1.54, 1.807) is 4.68 Å². The molecule has 0 aliphatic rings. The van der Waals surface area contributed by atoms with Gasteiger partial charge in [-0.2, -0.15) is 5.10 Å². The molecule has 2 heterocycles. The van der Waals surface area contributed by atoms with Crippen LogP contribution < -0.4 is 11.0 Å². The van der Waals surface area contributed by atoms with Gasteiger partial charge in [0.15, 0.2) is 5.65 Å². The molecule has 4 aromatic rings. The molecule has 0 spiro atoms. The van der Waals surface area contributed by atoms with E-state index in [0.29, 0.717) is 17.5 Å². The van der Waals surface area contributed by atoms with Gasteiger partial charge in [0.25, 0.3) is 5.56 Å². The molecule has 7 nitrogen and oxygen atoms in total. The van der Waals surface area contributed by atoms with Gasteiger partial charge >= 0.3 is 0 Å². The zero-order chi connectivity index (χ0) is 19.5. The maximum absolute atomic E-state index is 12.8. The van der Waals surface area contributed by atoms with Crippen molar-refractivity contribution in [2.45, 2.75) is 19.3 Å². The molecule has 2 aromatic heterocycles. The molecule has 7 heteroatoms. The summed E-state index contributed by atoms with van der Waals surface area (Å²) < 4.78 is 2.72. The third kappa shape index (κ3) is 3.18. The Morgan fingerprint density at radius 2 is 1.75 bits per heavy atom. The number of para-hydroxylation sites is 1. The number of benzene rings is 2. The average Bonchev–Trinajstić information content (AvgIpc) is 3.17. The van der Waals surface area contributed by atoms with Crippen LogP contribution >= 0.6 is 0 Å². The lowest BCUT2D eigenvalue weighted by molar-refractivity contribution is -0.118. The second-order valence-electron chi connectivity index (χ2n) is 6.40. The van der Waals surface area contributed by atoms with Crippen LogP contribution in [0.1, 0.15) is 24.8 Å². The second kappa shape index (κ2) is 7.48. The van der Waals surface area contributed by atoms with E-state index in [1.807, 2.05) is 67.6 Å². The molecule has 0 saturated carbocycles. The first-order valence-electron chi connectivity index (χ1n) is 9.05. The van der Waals surface area contributed by atoms with Gasteiger partial charge in [-0.15, -0.1) is 0 Å². The number of amides is 1. The first-order valence-corrected chi connectivity index (χ1v) is 9.05. The molecule has 0 unspecified atom stereocenters. The molecule has 1 atom stereocenters. The number of carbonyl (C=O) groups excluding carboxylic acids is 1. The highest BCUT2D eigenvalue weighted by Crippen LogP contribution is 2.19. The van der Waals surface area contributed by atoms with Crippen LogP contribution in [0.5, 0.6) is 0 Å². The molecule has 0 aliphatic carbocycles. The van der Waals surface area contributed by atoms with Crippen LogP contribution in [-0.4, -0.2) is 25.3 Å². The van der Waals surface area contributed by atoms with Gasteiger partial charge in [0.05, 0.1) is 17.8 Å². The van der Waals surface area contributed by atoms with Crippen LogP contribution in [0.3, 0.4) is 0 Å². The summed E-state index contributed by atoms with van der Waals surface area (Å²) in [7, 11) is 0. The molecular weight excluding hydrogens is 354 g/mol. The molecule has 28 heavy (non-hydrogen) atoms. The second-order valence-corrected chi connectivity index (χ2v) is 6.40. The summed E-state index contributed by atoms with van der Waals surface area (Å²) >= 11 is 0. The van der Waals surface area contributed by atoms with E-state index in [4.69, 9.17) is 0 Å². The molecule has 4 rings (SSSR count). The maximum Gasteiger partial charge on any atom is 0.283 e. The summed E-state index contributed by atoms with van der Waals surface area (Å²) in [5, 5.41) is 4.61. The van der Waals surface area contributed by atoms with Crippen molar-refractivity contribution in [1.29, 1.82) is 0 Å². The predicted molar refractivity (Wildman–Crippen MR) is 107 cm³/mol. The first kappa shape index (κ1) is 17.7. The molecule has 1 amide bonds. The normalized spacial score (nSPS) is 12.0. The van der Waals surface area contributed by atoms with Crippen molar-refractivity contribution in [1.82, 2.24) is 19.4 Å². The Labute approximate surface area is 161 Å². The Balaban J connectivity index is 1.66. The lowest BCUT2D eigenvalue weighted by Crippen LogP contribution is -2.35. The van der Waals surface area contributed by atoms with E-state index in [9.17, 15) is 9.59 Å². The quantitative estimate of drug-likeness (QED) is 0.583. The highest BCUT2D eigenvalue weighted by Gasteiger charge is 2.20. The Kier molecular flexibility index (Phi) is 4.72. The highest BCUT2D eigenvalue weighted by atomic mass is 16.2. The summed E-state index contributed by atoms with van der Waals surface area (Å²) in [5.41, 5.74) is 4.45. The molecule has 0 fully saturated rings. The van der Waals surface area contributed by atoms with Gasteiger partial charge in [-0.1, -0.05) is 55.5 Å². The largest absolute Gasteiger partial charge is 0.283 e. The standard InChI is InChI=1S/C21H19N5O2/c1-2-17(15-9-5-3-6-10-15)20(27)24-25-14-22-19-18(21(25)28)13-23-26(19)16-11-7-4-8-12-16/h3-14,17H,2H2,1H3,(H,24,27)/t17-/m0/s1. The maximum atomic E-state index is 12.8. The Morgan fingerprint density at radius 3 is 2.43 bits per heavy atom. The third-order valence-corrected chi connectivity index (χ3v) is 4.65. The Morgan fingerprint density at radius 1 is 1.07 bits per heavy atom. The SMILES string of the molecule is CC[C@H](C(=O)Nn1cnc2c(cnn2-c2ccccc2)c1=O)c1ccccc1. The van der Waals surface area contributed by atoms with Crippen LogP contribution in [0.25, 0.3) is 16.7 Å². The van der Waals surface area contributed by atoms with E-state index in [-0.39, 0.29) is 17.4 Å². The van der Waals surface area contributed by atoms with Crippen molar-refractivity contribution in [2.24, 2.45) is 0 Å². The zero-order valence-corrected chi connectivity index (χ0v) is 15.3. The minimum Gasteiger partial charge on any atom is -0.273 e. The minimum absolute atomic E-state index is 0.257. The Hall–Kier alpha value is -3.74. The van der Waals surface area contributed by atoms with Crippen LogP contribution in [0, 0.1) is 0 Å². The fraction of sp³-hybridized carbons (Fsp3) is 0.143. The number of carbonyl (C=O) groups is 1. The van der Waals surface area contributed by atoms with Gasteiger partial charge in [-0.25, -0.2) is 14.3 Å². The summed E-state index contributed by atoms with van der Waals surface area (Å²) in [4.78, 5) is 29.9. The van der Waals surface area contributed by atoms with E-state index in [0.717, 1.165) is 15.9 Å². The number of hydrogen-bond acceptors (Lipinski definition) is 4. The van der Waals surface area contributed by atoms with E-state index >= 15 is 0 Å². The monoisotopic (exact) mass is 373 g/mol. The summed E-state index contributed by atoms with van der Waals surface area (Å²) in [6, 6.07) is 18.9. The van der Waals surface area contributed by atoms with Crippen LogP contribution in [0.4, 0.5) is 0 Å². The first-order chi connectivity index (χ1) is 13.7. The van der Waals surface area contributed by atoms with Crippen molar-refractivity contribution < 1.29 is 4.79 Å². The molecule has 0 bridgehead atoms. The fourth-order valence-corrected chi connectivity index (χ4v) is 3.20. The summed E-state index contributed by atoms with van der Waals surface area (Å²) in [6.07, 6.45) is 3.41. The number of fused-ring (bicyclic) bond motifs is 1. The average molecular weight is 373 g/mol. The molecule has 1 N–H and O–H groups in total. The smallest absolute Gasteiger partial charge is 0.273 e. The van der Waals surface area contributed by atoms with Crippen LogP contribution in [0.2, 0.25) is 0 Å². The van der Waals surface area contributed by atoms with Crippen LogP contribution in [-0.2, 0) is 4.79 Å². The van der Waals surface area contributed by atoms with Gasteiger partial charge in [0, 0.05) is 0 Å². The molecular formula is C21H19N5O2. The zero-order valence-electron chi connectivity index (χ0n) is 15.3. The lowest BCUT2D eigenvalue weighted by atomic mass is 9.96. The van der Waals surface area contributed by atoms with Crippen molar-refractivity contribution in [3.63, 3.8) is 0 Å². The molecule has 0 radical (unpaired) electrons.